The molecule has 0 fully saturated rings. The van der Waals surface area contributed by atoms with Gasteiger partial charge in [0, 0.05) is 6.54 Å². The van der Waals surface area contributed by atoms with Crippen LogP contribution < -0.4 is 10.8 Å². The fourth-order valence-electron chi connectivity index (χ4n) is 1.27. The van der Waals surface area contributed by atoms with Crippen molar-refractivity contribution in [3.05, 3.63) is 29.8 Å². The van der Waals surface area contributed by atoms with Gasteiger partial charge in [0.05, 0.1) is 0 Å². The van der Waals surface area contributed by atoms with Crippen molar-refractivity contribution in [3.8, 4) is 0 Å². The SMILES string of the molecule is CC(C)(C)OC(=O)NCc1cccc([B]O)c1. The molecule has 0 saturated heterocycles. The van der Waals surface area contributed by atoms with Crippen molar-refractivity contribution in [2.24, 2.45) is 0 Å². The Labute approximate surface area is 102 Å². The van der Waals surface area contributed by atoms with Gasteiger partial charge in [0.1, 0.15) is 5.60 Å². The van der Waals surface area contributed by atoms with E-state index in [1.807, 2.05) is 32.9 Å². The summed E-state index contributed by atoms with van der Waals surface area (Å²) in [5.74, 6) is 0. The van der Waals surface area contributed by atoms with Gasteiger partial charge >= 0.3 is 13.6 Å². The molecule has 0 saturated carbocycles. The number of benzene rings is 1. The predicted molar refractivity (Wildman–Crippen MR) is 67.1 cm³/mol. The molecule has 0 aliphatic carbocycles. The summed E-state index contributed by atoms with van der Waals surface area (Å²) < 4.78 is 5.11. The van der Waals surface area contributed by atoms with Crippen LogP contribution in [-0.2, 0) is 11.3 Å². The van der Waals surface area contributed by atoms with Crippen molar-refractivity contribution >= 4 is 19.0 Å². The Hall–Kier alpha value is -1.49. The molecule has 5 heteroatoms. The smallest absolute Gasteiger partial charge is 0.407 e. The minimum atomic E-state index is -0.495. The number of amides is 1. The monoisotopic (exact) mass is 234 g/mol. The van der Waals surface area contributed by atoms with Crippen LogP contribution in [-0.4, -0.2) is 24.2 Å². The summed E-state index contributed by atoms with van der Waals surface area (Å²) >= 11 is 0. The highest BCUT2D eigenvalue weighted by Gasteiger charge is 2.15. The van der Waals surface area contributed by atoms with E-state index in [2.05, 4.69) is 5.32 Å². The van der Waals surface area contributed by atoms with Gasteiger partial charge in [-0.05, 0) is 26.3 Å². The van der Waals surface area contributed by atoms with Crippen LogP contribution in [0.15, 0.2) is 24.3 Å². The van der Waals surface area contributed by atoms with Gasteiger partial charge in [0.15, 0.2) is 0 Å². The highest BCUT2D eigenvalue weighted by molar-refractivity contribution is 6.45. The van der Waals surface area contributed by atoms with E-state index in [4.69, 9.17) is 9.76 Å². The van der Waals surface area contributed by atoms with Crippen LogP contribution in [0.25, 0.3) is 0 Å². The summed E-state index contributed by atoms with van der Waals surface area (Å²) in [5.41, 5.74) is 1.11. The van der Waals surface area contributed by atoms with Crippen molar-refractivity contribution in [2.75, 3.05) is 0 Å². The minimum absolute atomic E-state index is 0.372. The normalized spacial score (nSPS) is 10.8. The van der Waals surface area contributed by atoms with Crippen LogP contribution in [0.4, 0.5) is 4.79 Å². The molecule has 0 aromatic heterocycles. The summed E-state index contributed by atoms with van der Waals surface area (Å²) in [6, 6.07) is 7.24. The number of carbonyl (C=O) groups is 1. The minimum Gasteiger partial charge on any atom is -0.450 e. The highest BCUT2D eigenvalue weighted by Crippen LogP contribution is 2.06. The Bertz CT molecular complexity index is 388. The molecule has 0 aliphatic heterocycles. The zero-order valence-corrected chi connectivity index (χ0v) is 10.4. The molecule has 0 atom stereocenters. The van der Waals surface area contributed by atoms with E-state index in [0.717, 1.165) is 13.0 Å². The lowest BCUT2D eigenvalue weighted by Crippen LogP contribution is -2.32. The topological polar surface area (TPSA) is 58.6 Å². The second kappa shape index (κ2) is 5.73. The number of alkyl carbamates (subject to hydrolysis) is 1. The van der Waals surface area contributed by atoms with Gasteiger partial charge in [-0.3, -0.25) is 0 Å². The first kappa shape index (κ1) is 13.6. The van der Waals surface area contributed by atoms with Crippen molar-refractivity contribution < 1.29 is 14.6 Å². The molecule has 0 aliphatic rings. The zero-order valence-electron chi connectivity index (χ0n) is 10.4. The molecule has 0 heterocycles. The average Bonchev–Trinajstić information content (AvgIpc) is 2.24. The Morgan fingerprint density at radius 1 is 1.47 bits per heavy atom. The molecule has 0 bridgehead atoms. The molecule has 1 radical (unpaired) electrons. The van der Waals surface area contributed by atoms with Gasteiger partial charge in [0.25, 0.3) is 0 Å². The lowest BCUT2D eigenvalue weighted by molar-refractivity contribution is 0.0523. The van der Waals surface area contributed by atoms with E-state index >= 15 is 0 Å². The largest absolute Gasteiger partial charge is 0.450 e. The third-order valence-electron chi connectivity index (χ3n) is 1.94. The van der Waals surface area contributed by atoms with Crippen LogP contribution in [0.3, 0.4) is 0 Å². The number of rotatable bonds is 3. The second-order valence-corrected chi connectivity index (χ2v) is 4.73. The Morgan fingerprint density at radius 2 is 2.18 bits per heavy atom. The first-order valence-electron chi connectivity index (χ1n) is 5.44. The molecular weight excluding hydrogens is 217 g/mol. The lowest BCUT2D eigenvalue weighted by Gasteiger charge is -2.19. The molecule has 1 amide bonds. The van der Waals surface area contributed by atoms with Crippen LogP contribution in [0.1, 0.15) is 26.3 Å². The quantitative estimate of drug-likeness (QED) is 0.765. The van der Waals surface area contributed by atoms with E-state index in [-0.39, 0.29) is 0 Å². The third kappa shape index (κ3) is 5.40. The molecule has 4 nitrogen and oxygen atoms in total. The van der Waals surface area contributed by atoms with Gasteiger partial charge in [-0.15, -0.1) is 0 Å². The number of ether oxygens (including phenoxy) is 1. The van der Waals surface area contributed by atoms with Crippen molar-refractivity contribution in [3.63, 3.8) is 0 Å². The zero-order chi connectivity index (χ0) is 12.9. The number of carbonyl (C=O) groups excluding carboxylic acids is 1. The van der Waals surface area contributed by atoms with Gasteiger partial charge < -0.3 is 15.1 Å². The average molecular weight is 234 g/mol. The van der Waals surface area contributed by atoms with Gasteiger partial charge in [-0.1, -0.05) is 29.7 Å². The van der Waals surface area contributed by atoms with Crippen molar-refractivity contribution in [2.45, 2.75) is 32.9 Å². The first-order valence-corrected chi connectivity index (χ1v) is 5.44. The molecule has 1 aromatic rings. The van der Waals surface area contributed by atoms with Crippen LogP contribution >= 0.6 is 0 Å². The maximum absolute atomic E-state index is 11.4. The first-order chi connectivity index (χ1) is 7.90. The summed E-state index contributed by atoms with van der Waals surface area (Å²) in [4.78, 5) is 11.4. The van der Waals surface area contributed by atoms with Gasteiger partial charge in [-0.2, -0.15) is 0 Å². The maximum Gasteiger partial charge on any atom is 0.407 e. The highest BCUT2D eigenvalue weighted by atomic mass is 16.6. The van der Waals surface area contributed by atoms with E-state index in [1.165, 1.54) is 0 Å². The summed E-state index contributed by atoms with van der Waals surface area (Å²) in [7, 11) is 1.02. The standard InChI is InChI=1S/C12H17BNO3/c1-12(2,3)17-11(15)14-8-9-5-4-6-10(7-9)13-16/h4-7,16H,8H2,1-3H3,(H,14,15). The van der Waals surface area contributed by atoms with Crippen molar-refractivity contribution in [1.29, 1.82) is 0 Å². The van der Waals surface area contributed by atoms with Crippen LogP contribution in [0.2, 0.25) is 0 Å². The van der Waals surface area contributed by atoms with E-state index in [1.54, 1.807) is 12.1 Å². The summed E-state index contributed by atoms with van der Waals surface area (Å²) in [6.45, 7) is 5.81. The van der Waals surface area contributed by atoms with E-state index in [0.29, 0.717) is 12.0 Å². The Morgan fingerprint density at radius 3 is 2.76 bits per heavy atom. The molecule has 2 N–H and O–H groups in total. The molecule has 0 spiro atoms. The molecule has 0 unspecified atom stereocenters. The Kier molecular flexibility index (Phi) is 4.58. The van der Waals surface area contributed by atoms with E-state index < -0.39 is 11.7 Å². The predicted octanol–water partition coefficient (Wildman–Crippen LogP) is 0.948. The molecule has 1 rings (SSSR count). The lowest BCUT2D eigenvalue weighted by atomic mass is 9.88. The van der Waals surface area contributed by atoms with Crippen LogP contribution in [0.5, 0.6) is 0 Å². The molecule has 91 valence electrons. The fourth-order valence-corrected chi connectivity index (χ4v) is 1.27. The summed E-state index contributed by atoms with van der Waals surface area (Å²) in [5, 5.41) is 11.5. The maximum atomic E-state index is 11.4. The number of nitrogens with one attached hydrogen (secondary N) is 1. The molecular formula is C12H17BNO3. The second-order valence-electron chi connectivity index (χ2n) is 4.73. The van der Waals surface area contributed by atoms with E-state index in [9.17, 15) is 4.79 Å². The van der Waals surface area contributed by atoms with Gasteiger partial charge in [-0.25, -0.2) is 4.79 Å². The Balaban J connectivity index is 2.47. The molecule has 17 heavy (non-hydrogen) atoms. The number of hydrogen-bond acceptors (Lipinski definition) is 3. The number of hydrogen-bond donors (Lipinski definition) is 2. The van der Waals surface area contributed by atoms with Crippen molar-refractivity contribution in [1.82, 2.24) is 5.32 Å². The fraction of sp³-hybridized carbons (Fsp3) is 0.417. The van der Waals surface area contributed by atoms with Crippen LogP contribution in [0, 0.1) is 0 Å². The summed E-state index contributed by atoms with van der Waals surface area (Å²) in [6.07, 6.45) is -0.448. The third-order valence-corrected chi connectivity index (χ3v) is 1.94. The molecule has 1 aromatic carbocycles. The van der Waals surface area contributed by atoms with Gasteiger partial charge in [0.2, 0.25) is 0 Å².